The van der Waals surface area contributed by atoms with Gasteiger partial charge in [0.15, 0.2) is 5.78 Å². The molecule has 2 aromatic carbocycles. The molecule has 0 unspecified atom stereocenters. The number of nitrogen functional groups attached to an aromatic ring is 1. The minimum Gasteiger partial charge on any atom is -0.383 e. The molecule has 2 N–H and O–H groups in total. The first-order valence-electron chi connectivity index (χ1n) is 6.46. The average Bonchev–Trinajstić information content (AvgIpc) is 2.89. The second-order valence-electron chi connectivity index (χ2n) is 4.64. The van der Waals surface area contributed by atoms with Crippen molar-refractivity contribution in [2.75, 3.05) is 5.73 Å². The topological polar surface area (TPSA) is 60.9 Å². The Balaban J connectivity index is 2.02. The molecule has 0 atom stereocenters. The largest absolute Gasteiger partial charge is 0.383 e. The molecule has 0 saturated carbocycles. The SMILES string of the molecule is Nc1c(C(=O)c2ccc(F)cc2)cnn1-c1ccccc1F. The quantitative estimate of drug-likeness (QED) is 0.756. The summed E-state index contributed by atoms with van der Waals surface area (Å²) < 4.78 is 27.9. The smallest absolute Gasteiger partial charge is 0.198 e. The minimum absolute atomic E-state index is 0.0272. The van der Waals surface area contributed by atoms with E-state index in [-0.39, 0.29) is 22.6 Å². The zero-order valence-corrected chi connectivity index (χ0v) is 11.3. The molecular weight excluding hydrogens is 288 g/mol. The van der Waals surface area contributed by atoms with Crippen molar-refractivity contribution in [3.63, 3.8) is 0 Å². The van der Waals surface area contributed by atoms with Crippen LogP contribution in [0.4, 0.5) is 14.6 Å². The van der Waals surface area contributed by atoms with Crippen molar-refractivity contribution in [1.29, 1.82) is 0 Å². The van der Waals surface area contributed by atoms with Gasteiger partial charge in [-0.15, -0.1) is 0 Å². The van der Waals surface area contributed by atoms with Crippen LogP contribution in [-0.4, -0.2) is 15.6 Å². The van der Waals surface area contributed by atoms with Crippen molar-refractivity contribution in [2.24, 2.45) is 0 Å². The van der Waals surface area contributed by atoms with Crippen molar-refractivity contribution in [1.82, 2.24) is 9.78 Å². The van der Waals surface area contributed by atoms with Crippen LogP contribution >= 0.6 is 0 Å². The molecule has 0 fully saturated rings. The van der Waals surface area contributed by atoms with Crippen molar-refractivity contribution in [3.8, 4) is 5.69 Å². The molecule has 0 radical (unpaired) electrons. The molecule has 110 valence electrons. The van der Waals surface area contributed by atoms with Gasteiger partial charge >= 0.3 is 0 Å². The third-order valence-electron chi connectivity index (χ3n) is 3.24. The van der Waals surface area contributed by atoms with E-state index < -0.39 is 17.4 Å². The fourth-order valence-electron chi connectivity index (χ4n) is 2.11. The fraction of sp³-hybridized carbons (Fsp3) is 0. The number of hydrogen-bond donors (Lipinski definition) is 1. The lowest BCUT2D eigenvalue weighted by atomic mass is 10.1. The van der Waals surface area contributed by atoms with E-state index in [0.717, 1.165) is 4.68 Å². The number of carbonyl (C=O) groups is 1. The van der Waals surface area contributed by atoms with E-state index in [2.05, 4.69) is 5.10 Å². The summed E-state index contributed by atoms with van der Waals surface area (Å²) in [6, 6.07) is 11.1. The maximum absolute atomic E-state index is 13.8. The van der Waals surface area contributed by atoms with Crippen LogP contribution in [0.5, 0.6) is 0 Å². The molecule has 6 heteroatoms. The third-order valence-corrected chi connectivity index (χ3v) is 3.24. The first kappa shape index (κ1) is 13.9. The first-order valence-corrected chi connectivity index (χ1v) is 6.46. The normalized spacial score (nSPS) is 10.6. The van der Waals surface area contributed by atoms with Gasteiger partial charge < -0.3 is 5.73 Å². The van der Waals surface area contributed by atoms with E-state index >= 15 is 0 Å². The number of nitrogens with two attached hydrogens (primary N) is 1. The zero-order valence-electron chi connectivity index (χ0n) is 11.3. The lowest BCUT2D eigenvalue weighted by molar-refractivity contribution is 0.103. The molecule has 1 heterocycles. The third kappa shape index (κ3) is 2.35. The lowest BCUT2D eigenvalue weighted by Gasteiger charge is -2.06. The minimum atomic E-state index is -0.502. The van der Waals surface area contributed by atoms with Crippen LogP contribution in [0.2, 0.25) is 0 Å². The van der Waals surface area contributed by atoms with E-state index in [1.807, 2.05) is 0 Å². The van der Waals surface area contributed by atoms with Gasteiger partial charge in [-0.05, 0) is 36.4 Å². The number of hydrogen-bond acceptors (Lipinski definition) is 3. The Morgan fingerprint density at radius 3 is 2.41 bits per heavy atom. The second-order valence-corrected chi connectivity index (χ2v) is 4.64. The lowest BCUT2D eigenvalue weighted by Crippen LogP contribution is -2.08. The summed E-state index contributed by atoms with van der Waals surface area (Å²) in [6.07, 6.45) is 1.27. The first-order chi connectivity index (χ1) is 10.6. The number of nitrogens with zero attached hydrogens (tertiary/aromatic N) is 2. The predicted octanol–water partition coefficient (Wildman–Crippen LogP) is 2.96. The maximum atomic E-state index is 13.8. The van der Waals surface area contributed by atoms with Crippen LogP contribution in [0.25, 0.3) is 5.69 Å². The summed E-state index contributed by atoms with van der Waals surface area (Å²) in [5.41, 5.74) is 6.48. The van der Waals surface area contributed by atoms with Gasteiger partial charge in [0.05, 0.1) is 11.8 Å². The highest BCUT2D eigenvalue weighted by Crippen LogP contribution is 2.21. The average molecular weight is 299 g/mol. The number of halogens is 2. The van der Waals surface area contributed by atoms with Gasteiger partial charge in [0.2, 0.25) is 0 Å². The molecule has 3 rings (SSSR count). The Bertz CT molecular complexity index is 841. The summed E-state index contributed by atoms with van der Waals surface area (Å²) in [7, 11) is 0. The standard InChI is InChI=1S/C16H11F2N3O/c17-11-7-5-10(6-8-11)15(22)12-9-20-21(16(12)19)14-4-2-1-3-13(14)18/h1-9H,19H2. The molecular formula is C16H11F2N3O. The summed E-state index contributed by atoms with van der Waals surface area (Å²) >= 11 is 0. The highest BCUT2D eigenvalue weighted by Gasteiger charge is 2.19. The van der Waals surface area contributed by atoms with Gasteiger partial charge in [0.1, 0.15) is 23.1 Å². The Labute approximate surface area is 124 Å². The maximum Gasteiger partial charge on any atom is 0.198 e. The highest BCUT2D eigenvalue weighted by molar-refractivity contribution is 6.11. The molecule has 1 aromatic heterocycles. The number of ketones is 1. The molecule has 0 aliphatic heterocycles. The number of carbonyl (C=O) groups excluding carboxylic acids is 1. The van der Waals surface area contributed by atoms with Gasteiger partial charge in [0.25, 0.3) is 0 Å². The molecule has 4 nitrogen and oxygen atoms in total. The van der Waals surface area contributed by atoms with Gasteiger partial charge in [0, 0.05) is 5.56 Å². The molecule has 0 bridgehead atoms. The second kappa shape index (κ2) is 5.40. The van der Waals surface area contributed by atoms with Crippen molar-refractivity contribution in [3.05, 3.63) is 77.5 Å². The van der Waals surface area contributed by atoms with Gasteiger partial charge in [-0.3, -0.25) is 4.79 Å². The molecule has 22 heavy (non-hydrogen) atoms. The Morgan fingerprint density at radius 2 is 1.73 bits per heavy atom. The van der Waals surface area contributed by atoms with Gasteiger partial charge in [-0.25, -0.2) is 13.5 Å². The summed E-state index contributed by atoms with van der Waals surface area (Å²) in [4.78, 5) is 12.4. The number of para-hydroxylation sites is 1. The Kier molecular flexibility index (Phi) is 3.42. The zero-order chi connectivity index (χ0) is 15.7. The van der Waals surface area contributed by atoms with Crippen LogP contribution < -0.4 is 5.73 Å². The molecule has 0 saturated heterocycles. The van der Waals surface area contributed by atoms with Gasteiger partial charge in [-0.2, -0.15) is 5.10 Å². The Hall–Kier alpha value is -3.02. The monoisotopic (exact) mass is 299 g/mol. The fourth-order valence-corrected chi connectivity index (χ4v) is 2.11. The summed E-state index contributed by atoms with van der Waals surface area (Å²) in [5, 5.41) is 3.97. The molecule has 0 amide bonds. The molecule has 0 spiro atoms. The van der Waals surface area contributed by atoms with Gasteiger partial charge in [-0.1, -0.05) is 12.1 Å². The number of benzene rings is 2. The number of anilines is 1. The van der Waals surface area contributed by atoms with E-state index in [0.29, 0.717) is 0 Å². The van der Waals surface area contributed by atoms with E-state index in [1.165, 1.54) is 42.6 Å². The molecule has 3 aromatic rings. The highest BCUT2D eigenvalue weighted by atomic mass is 19.1. The van der Waals surface area contributed by atoms with E-state index in [1.54, 1.807) is 12.1 Å². The summed E-state index contributed by atoms with van der Waals surface area (Å²) in [5.74, 6) is -1.32. The van der Waals surface area contributed by atoms with Crippen LogP contribution in [0.1, 0.15) is 15.9 Å². The van der Waals surface area contributed by atoms with Crippen LogP contribution in [-0.2, 0) is 0 Å². The van der Waals surface area contributed by atoms with Crippen molar-refractivity contribution in [2.45, 2.75) is 0 Å². The predicted molar refractivity (Wildman–Crippen MR) is 77.8 cm³/mol. The van der Waals surface area contributed by atoms with Crippen molar-refractivity contribution >= 4 is 11.6 Å². The number of rotatable bonds is 3. The van der Waals surface area contributed by atoms with Crippen LogP contribution in [0.3, 0.4) is 0 Å². The molecule has 0 aliphatic rings. The van der Waals surface area contributed by atoms with E-state index in [4.69, 9.17) is 5.73 Å². The van der Waals surface area contributed by atoms with Crippen molar-refractivity contribution < 1.29 is 13.6 Å². The van der Waals surface area contributed by atoms with Crippen LogP contribution in [0.15, 0.2) is 54.7 Å². The van der Waals surface area contributed by atoms with Crippen LogP contribution in [0, 0.1) is 11.6 Å². The summed E-state index contributed by atoms with van der Waals surface area (Å²) in [6.45, 7) is 0. The number of aromatic nitrogens is 2. The Morgan fingerprint density at radius 1 is 1.05 bits per heavy atom. The molecule has 0 aliphatic carbocycles. The van der Waals surface area contributed by atoms with E-state index in [9.17, 15) is 13.6 Å².